The standard InChI is InChI=1S/C32H34F2N2O7/c1-3-18-11-22(33)12-19(4-2)29(18)35-27(38)16-36-15-24(21-13-25(34)31-26(14-21)42-17-43-31)28(32(39)40)30(36)20-5-7-23(8-6-20)41-10-9-37/h5-8,11-14,24,28,30,37H,3-4,9-10,15-17H2,1-2H3,(H,35,38)(H,39,40)/t24-,28?,30+/m1/s1. The van der Waals surface area contributed by atoms with E-state index in [1.54, 1.807) is 35.2 Å². The summed E-state index contributed by atoms with van der Waals surface area (Å²) in [4.78, 5) is 28.2. The summed E-state index contributed by atoms with van der Waals surface area (Å²) in [6.07, 6.45) is 1.02. The van der Waals surface area contributed by atoms with Crippen molar-refractivity contribution in [2.24, 2.45) is 5.92 Å². The first-order valence-corrected chi connectivity index (χ1v) is 14.2. The molecule has 5 rings (SSSR count). The van der Waals surface area contributed by atoms with Gasteiger partial charge in [-0.15, -0.1) is 0 Å². The molecule has 43 heavy (non-hydrogen) atoms. The number of hydrogen-bond acceptors (Lipinski definition) is 7. The lowest BCUT2D eigenvalue weighted by Crippen LogP contribution is -2.35. The number of hydrogen-bond donors (Lipinski definition) is 3. The summed E-state index contributed by atoms with van der Waals surface area (Å²) in [6.45, 7) is 3.54. The fourth-order valence-electron chi connectivity index (χ4n) is 6.06. The molecule has 1 saturated heterocycles. The third-order valence-corrected chi connectivity index (χ3v) is 7.98. The van der Waals surface area contributed by atoms with Crippen molar-refractivity contribution in [3.05, 3.63) is 82.4 Å². The highest BCUT2D eigenvalue weighted by atomic mass is 19.1. The topological polar surface area (TPSA) is 118 Å². The number of carbonyl (C=O) groups is 2. The lowest BCUT2D eigenvalue weighted by atomic mass is 9.82. The van der Waals surface area contributed by atoms with Gasteiger partial charge in [0, 0.05) is 24.2 Å². The van der Waals surface area contributed by atoms with Crippen LogP contribution in [0.4, 0.5) is 14.5 Å². The van der Waals surface area contributed by atoms with Crippen molar-refractivity contribution in [1.29, 1.82) is 0 Å². The number of halogens is 2. The second-order valence-corrected chi connectivity index (χ2v) is 10.6. The molecule has 0 bridgehead atoms. The molecular weight excluding hydrogens is 562 g/mol. The average Bonchev–Trinajstić information content (AvgIpc) is 3.62. The molecule has 0 aromatic heterocycles. The van der Waals surface area contributed by atoms with Crippen LogP contribution in [0.2, 0.25) is 0 Å². The van der Waals surface area contributed by atoms with Crippen LogP contribution < -0.4 is 19.5 Å². The van der Waals surface area contributed by atoms with E-state index in [2.05, 4.69) is 5.32 Å². The van der Waals surface area contributed by atoms with E-state index in [1.807, 2.05) is 13.8 Å². The van der Waals surface area contributed by atoms with Gasteiger partial charge >= 0.3 is 5.97 Å². The van der Waals surface area contributed by atoms with Crippen LogP contribution in [0, 0.1) is 17.6 Å². The molecule has 3 aromatic carbocycles. The van der Waals surface area contributed by atoms with Gasteiger partial charge in [0.05, 0.1) is 19.1 Å². The van der Waals surface area contributed by atoms with Crippen LogP contribution in [0.15, 0.2) is 48.5 Å². The molecule has 9 nitrogen and oxygen atoms in total. The number of carboxylic acids is 1. The Bertz CT molecular complexity index is 1470. The number of anilines is 1. The van der Waals surface area contributed by atoms with E-state index in [4.69, 9.17) is 19.3 Å². The van der Waals surface area contributed by atoms with Crippen LogP contribution in [0.1, 0.15) is 48.1 Å². The van der Waals surface area contributed by atoms with E-state index in [0.717, 1.165) is 0 Å². The number of rotatable bonds is 11. The van der Waals surface area contributed by atoms with E-state index < -0.39 is 29.7 Å². The summed E-state index contributed by atoms with van der Waals surface area (Å²) in [5.41, 5.74) is 2.94. The summed E-state index contributed by atoms with van der Waals surface area (Å²) in [7, 11) is 0. The van der Waals surface area contributed by atoms with Gasteiger partial charge < -0.3 is 29.7 Å². The van der Waals surface area contributed by atoms with Gasteiger partial charge in [-0.1, -0.05) is 26.0 Å². The predicted molar refractivity (Wildman–Crippen MR) is 154 cm³/mol. The zero-order valence-corrected chi connectivity index (χ0v) is 23.9. The number of fused-ring (bicyclic) bond motifs is 1. The Morgan fingerprint density at radius 2 is 1.72 bits per heavy atom. The first-order valence-electron chi connectivity index (χ1n) is 14.2. The SMILES string of the molecule is CCc1cc(F)cc(CC)c1NC(=O)CN1C[C@H](c2cc(F)c3c(c2)OCO3)C(C(=O)O)[C@@H]1c1ccc(OCCO)cc1. The predicted octanol–water partition coefficient (Wildman–Crippen LogP) is 4.67. The smallest absolute Gasteiger partial charge is 0.309 e. The molecule has 0 aliphatic carbocycles. The summed E-state index contributed by atoms with van der Waals surface area (Å²) in [5, 5.41) is 22.5. The van der Waals surface area contributed by atoms with Crippen LogP contribution >= 0.6 is 0 Å². The Kier molecular flexibility index (Phi) is 9.12. The molecule has 0 spiro atoms. The maximum atomic E-state index is 14.9. The second-order valence-electron chi connectivity index (χ2n) is 10.6. The summed E-state index contributed by atoms with van der Waals surface area (Å²) < 4.78 is 45.2. The lowest BCUT2D eigenvalue weighted by molar-refractivity contribution is -0.143. The van der Waals surface area contributed by atoms with Gasteiger partial charge in [-0.05, 0) is 71.5 Å². The molecule has 3 aromatic rings. The number of carboxylic acid groups (broad SMARTS) is 1. The first-order chi connectivity index (χ1) is 20.7. The van der Waals surface area contributed by atoms with Crippen molar-refractivity contribution in [3.63, 3.8) is 0 Å². The van der Waals surface area contributed by atoms with Crippen molar-refractivity contribution < 1.29 is 42.8 Å². The van der Waals surface area contributed by atoms with Gasteiger partial charge in [0.25, 0.3) is 0 Å². The van der Waals surface area contributed by atoms with Crippen molar-refractivity contribution >= 4 is 17.6 Å². The summed E-state index contributed by atoms with van der Waals surface area (Å²) in [5.74, 6) is -3.55. The molecule has 2 heterocycles. The Morgan fingerprint density at radius 1 is 1.02 bits per heavy atom. The number of nitrogens with zero attached hydrogens (tertiary/aromatic N) is 1. The number of aryl methyl sites for hydroxylation is 2. The Morgan fingerprint density at radius 3 is 2.35 bits per heavy atom. The Balaban J connectivity index is 1.50. The second kappa shape index (κ2) is 13.0. The molecule has 228 valence electrons. The van der Waals surface area contributed by atoms with Gasteiger partial charge in [0.1, 0.15) is 18.2 Å². The molecular formula is C32H34F2N2O7. The minimum Gasteiger partial charge on any atom is -0.491 e. The third-order valence-electron chi connectivity index (χ3n) is 7.98. The van der Waals surface area contributed by atoms with Crippen molar-refractivity contribution in [3.8, 4) is 17.2 Å². The van der Waals surface area contributed by atoms with Crippen LogP contribution in [0.25, 0.3) is 0 Å². The molecule has 1 fully saturated rings. The molecule has 2 aliphatic heterocycles. The fraction of sp³-hybridized carbons (Fsp3) is 0.375. The van der Waals surface area contributed by atoms with E-state index in [9.17, 15) is 23.5 Å². The average molecular weight is 597 g/mol. The van der Waals surface area contributed by atoms with E-state index in [1.165, 1.54) is 18.2 Å². The number of benzene rings is 3. The van der Waals surface area contributed by atoms with Gasteiger partial charge in [0.15, 0.2) is 11.6 Å². The highest BCUT2D eigenvalue weighted by Crippen LogP contribution is 2.48. The molecule has 0 radical (unpaired) electrons. The first kappa shape index (κ1) is 30.2. The monoisotopic (exact) mass is 596 g/mol. The van der Waals surface area contributed by atoms with Crippen LogP contribution in [-0.4, -0.2) is 60.1 Å². The normalized spacial score (nSPS) is 19.4. The number of carbonyl (C=O) groups excluding carboxylic acids is 1. The lowest BCUT2D eigenvalue weighted by Gasteiger charge is -2.27. The summed E-state index contributed by atoms with van der Waals surface area (Å²) in [6, 6.07) is 11.7. The molecule has 0 saturated carbocycles. The van der Waals surface area contributed by atoms with E-state index in [-0.39, 0.29) is 56.3 Å². The molecule has 2 aliphatic rings. The summed E-state index contributed by atoms with van der Waals surface area (Å²) >= 11 is 0. The number of aliphatic hydroxyl groups excluding tert-OH is 1. The third kappa shape index (κ3) is 6.28. The number of nitrogens with one attached hydrogen (secondary N) is 1. The van der Waals surface area contributed by atoms with E-state index >= 15 is 0 Å². The van der Waals surface area contributed by atoms with Crippen LogP contribution in [0.5, 0.6) is 17.2 Å². The molecule has 1 amide bonds. The number of likely N-dealkylation sites (tertiary alicyclic amines) is 1. The minimum atomic E-state index is -1.10. The molecule has 1 unspecified atom stereocenters. The van der Waals surface area contributed by atoms with Gasteiger partial charge in [-0.3, -0.25) is 14.5 Å². The van der Waals surface area contributed by atoms with E-state index in [0.29, 0.717) is 46.5 Å². The number of aliphatic hydroxyl groups is 1. The van der Waals surface area contributed by atoms with Gasteiger partial charge in [-0.2, -0.15) is 0 Å². The Hall–Kier alpha value is -4.22. The van der Waals surface area contributed by atoms with Crippen molar-refractivity contribution in [2.45, 2.75) is 38.6 Å². The highest BCUT2D eigenvalue weighted by molar-refractivity contribution is 5.94. The zero-order chi connectivity index (χ0) is 30.7. The molecule has 3 atom stereocenters. The zero-order valence-electron chi connectivity index (χ0n) is 23.9. The highest BCUT2D eigenvalue weighted by Gasteiger charge is 2.48. The van der Waals surface area contributed by atoms with Crippen molar-refractivity contribution in [1.82, 2.24) is 4.90 Å². The number of aliphatic carboxylic acids is 1. The largest absolute Gasteiger partial charge is 0.491 e. The quantitative estimate of drug-likeness (QED) is 0.293. The fourth-order valence-corrected chi connectivity index (χ4v) is 6.06. The van der Waals surface area contributed by atoms with Crippen LogP contribution in [-0.2, 0) is 22.4 Å². The van der Waals surface area contributed by atoms with Gasteiger partial charge in [-0.25, -0.2) is 8.78 Å². The van der Waals surface area contributed by atoms with Crippen LogP contribution in [0.3, 0.4) is 0 Å². The van der Waals surface area contributed by atoms with Crippen molar-refractivity contribution in [2.75, 3.05) is 38.4 Å². The number of ether oxygens (including phenoxy) is 3. The van der Waals surface area contributed by atoms with Gasteiger partial charge in [0.2, 0.25) is 18.4 Å². The maximum Gasteiger partial charge on any atom is 0.309 e. The Labute approximate surface area is 248 Å². The maximum absolute atomic E-state index is 14.9. The minimum absolute atomic E-state index is 0.0161. The molecule has 11 heteroatoms. The molecule has 3 N–H and O–H groups in total. The number of amides is 1.